The summed E-state index contributed by atoms with van der Waals surface area (Å²) in [6.07, 6.45) is 1.15. The highest BCUT2D eigenvalue weighted by Gasteiger charge is 2.47. The zero-order chi connectivity index (χ0) is 20.1. The molecule has 1 aliphatic rings. The van der Waals surface area contributed by atoms with Crippen molar-refractivity contribution < 1.29 is 14.6 Å². The Labute approximate surface area is 171 Å². The second-order valence-electron chi connectivity index (χ2n) is 7.39. The Morgan fingerprint density at radius 3 is 1.97 bits per heavy atom. The first-order valence-electron chi connectivity index (χ1n) is 10.0. The highest BCUT2D eigenvalue weighted by atomic mass is 16.6. The third-order valence-corrected chi connectivity index (χ3v) is 5.60. The molecular weight excluding hydrogens is 362 g/mol. The number of rotatable bonds is 5. The van der Waals surface area contributed by atoms with Gasteiger partial charge in [-0.15, -0.1) is 0 Å². The largest absolute Gasteiger partial charge is 0.445 e. The van der Waals surface area contributed by atoms with E-state index in [0.29, 0.717) is 13.0 Å². The van der Waals surface area contributed by atoms with Crippen molar-refractivity contribution in [1.82, 2.24) is 4.90 Å². The lowest BCUT2D eigenvalue weighted by atomic mass is 9.79. The maximum Gasteiger partial charge on any atom is 0.410 e. The van der Waals surface area contributed by atoms with Crippen LogP contribution in [0.2, 0.25) is 0 Å². The van der Waals surface area contributed by atoms with E-state index in [1.807, 2.05) is 91.0 Å². The number of amides is 1. The van der Waals surface area contributed by atoms with Crippen molar-refractivity contribution in [2.75, 3.05) is 6.54 Å². The fourth-order valence-electron chi connectivity index (χ4n) is 4.16. The predicted molar refractivity (Wildman–Crippen MR) is 112 cm³/mol. The van der Waals surface area contributed by atoms with Gasteiger partial charge in [0.1, 0.15) is 12.2 Å². The molecule has 1 unspecified atom stereocenters. The summed E-state index contributed by atoms with van der Waals surface area (Å²) in [5.74, 6) is 0. The van der Waals surface area contributed by atoms with Crippen molar-refractivity contribution in [1.29, 1.82) is 0 Å². The molecule has 4 nitrogen and oxygen atoms in total. The second-order valence-corrected chi connectivity index (χ2v) is 7.39. The van der Waals surface area contributed by atoms with E-state index in [-0.39, 0.29) is 12.7 Å². The van der Waals surface area contributed by atoms with Crippen LogP contribution in [0.4, 0.5) is 4.79 Å². The number of aliphatic hydroxyl groups is 1. The molecule has 0 saturated carbocycles. The molecule has 0 aromatic heterocycles. The average Bonchev–Trinajstić information content (AvgIpc) is 3.29. The fraction of sp³-hybridized carbons (Fsp3) is 0.240. The standard InChI is InChI=1S/C25H25NO3/c27-24(29-19-20-11-4-1-5-12-20)26-18-10-17-23(26)25(28,21-13-6-2-7-14-21)22-15-8-3-9-16-22/h1-9,11-16,23,28H,10,17-19H2. The van der Waals surface area contributed by atoms with Crippen molar-refractivity contribution in [3.8, 4) is 0 Å². The van der Waals surface area contributed by atoms with Gasteiger partial charge in [-0.1, -0.05) is 91.0 Å². The first kappa shape index (κ1) is 19.2. The van der Waals surface area contributed by atoms with Crippen LogP contribution in [0.1, 0.15) is 29.5 Å². The SMILES string of the molecule is O=C(OCc1ccccc1)N1CCCC1C(O)(c1ccccc1)c1ccccc1. The lowest BCUT2D eigenvalue weighted by Gasteiger charge is -2.39. The number of carbonyl (C=O) groups is 1. The van der Waals surface area contributed by atoms with Gasteiger partial charge in [-0.05, 0) is 29.5 Å². The van der Waals surface area contributed by atoms with E-state index >= 15 is 0 Å². The molecule has 1 N–H and O–H groups in total. The summed E-state index contributed by atoms with van der Waals surface area (Å²) >= 11 is 0. The molecule has 1 heterocycles. The Hall–Kier alpha value is -3.11. The molecule has 1 fully saturated rings. The number of nitrogens with zero attached hydrogens (tertiary/aromatic N) is 1. The molecule has 0 bridgehead atoms. The summed E-state index contributed by atoms with van der Waals surface area (Å²) in [4.78, 5) is 14.6. The van der Waals surface area contributed by atoms with Gasteiger partial charge in [-0.3, -0.25) is 0 Å². The average molecular weight is 387 g/mol. The van der Waals surface area contributed by atoms with Crippen molar-refractivity contribution in [3.05, 3.63) is 108 Å². The first-order chi connectivity index (χ1) is 14.2. The number of carbonyl (C=O) groups excluding carboxylic acids is 1. The molecule has 0 radical (unpaired) electrons. The summed E-state index contributed by atoms with van der Waals surface area (Å²) in [6, 6.07) is 28.4. The molecule has 0 aliphatic carbocycles. The summed E-state index contributed by atoms with van der Waals surface area (Å²) in [5.41, 5.74) is 1.20. The maximum absolute atomic E-state index is 12.9. The number of hydrogen-bond acceptors (Lipinski definition) is 3. The minimum atomic E-state index is -1.30. The number of hydrogen-bond donors (Lipinski definition) is 1. The zero-order valence-electron chi connectivity index (χ0n) is 16.3. The van der Waals surface area contributed by atoms with Crippen molar-refractivity contribution in [2.24, 2.45) is 0 Å². The molecule has 1 amide bonds. The molecule has 0 spiro atoms. The van der Waals surface area contributed by atoms with Gasteiger partial charge in [0.15, 0.2) is 0 Å². The van der Waals surface area contributed by atoms with Crippen LogP contribution in [0.25, 0.3) is 0 Å². The van der Waals surface area contributed by atoms with E-state index in [2.05, 4.69) is 0 Å². The van der Waals surface area contributed by atoms with Crippen LogP contribution < -0.4 is 0 Å². The van der Waals surface area contributed by atoms with Gasteiger partial charge in [0.25, 0.3) is 0 Å². The first-order valence-corrected chi connectivity index (χ1v) is 10.0. The third-order valence-electron chi connectivity index (χ3n) is 5.60. The van der Waals surface area contributed by atoms with E-state index in [1.165, 1.54) is 0 Å². The molecule has 1 atom stereocenters. The molecule has 1 saturated heterocycles. The van der Waals surface area contributed by atoms with Crippen LogP contribution in [0.5, 0.6) is 0 Å². The van der Waals surface area contributed by atoms with Gasteiger partial charge in [-0.25, -0.2) is 4.79 Å². The second kappa shape index (κ2) is 8.50. The molecular formula is C25H25NO3. The van der Waals surface area contributed by atoms with Gasteiger partial charge < -0.3 is 14.7 Å². The molecule has 4 rings (SSSR count). The maximum atomic E-state index is 12.9. The van der Waals surface area contributed by atoms with Gasteiger partial charge in [-0.2, -0.15) is 0 Å². The Bertz CT molecular complexity index is 889. The van der Waals surface area contributed by atoms with Crippen molar-refractivity contribution >= 4 is 6.09 Å². The fourth-order valence-corrected chi connectivity index (χ4v) is 4.16. The highest BCUT2D eigenvalue weighted by Crippen LogP contribution is 2.40. The van der Waals surface area contributed by atoms with Crippen LogP contribution >= 0.6 is 0 Å². The minimum Gasteiger partial charge on any atom is -0.445 e. The third kappa shape index (κ3) is 3.89. The Morgan fingerprint density at radius 1 is 0.897 bits per heavy atom. The number of likely N-dealkylation sites (tertiary alicyclic amines) is 1. The molecule has 29 heavy (non-hydrogen) atoms. The monoisotopic (exact) mass is 387 g/mol. The van der Waals surface area contributed by atoms with E-state index in [4.69, 9.17) is 4.74 Å². The van der Waals surface area contributed by atoms with Crippen molar-refractivity contribution in [3.63, 3.8) is 0 Å². The van der Waals surface area contributed by atoms with Gasteiger partial charge in [0, 0.05) is 6.54 Å². The Morgan fingerprint density at radius 2 is 1.41 bits per heavy atom. The zero-order valence-corrected chi connectivity index (χ0v) is 16.3. The van der Waals surface area contributed by atoms with Gasteiger partial charge in [0.05, 0.1) is 6.04 Å². The summed E-state index contributed by atoms with van der Waals surface area (Å²) in [5, 5.41) is 12.0. The van der Waals surface area contributed by atoms with E-state index < -0.39 is 11.6 Å². The van der Waals surface area contributed by atoms with Crippen LogP contribution in [0.3, 0.4) is 0 Å². The van der Waals surface area contributed by atoms with E-state index in [1.54, 1.807) is 4.90 Å². The topological polar surface area (TPSA) is 49.8 Å². The van der Waals surface area contributed by atoms with Crippen molar-refractivity contribution in [2.45, 2.75) is 31.1 Å². The predicted octanol–water partition coefficient (Wildman–Crippen LogP) is 4.72. The molecule has 3 aromatic rings. The van der Waals surface area contributed by atoms with E-state index in [0.717, 1.165) is 23.1 Å². The molecule has 1 aliphatic heterocycles. The normalized spacial score (nSPS) is 16.6. The Kier molecular flexibility index (Phi) is 5.63. The minimum absolute atomic E-state index is 0.220. The van der Waals surface area contributed by atoms with Crippen LogP contribution in [-0.4, -0.2) is 28.7 Å². The van der Waals surface area contributed by atoms with Gasteiger partial charge in [0.2, 0.25) is 0 Å². The summed E-state index contributed by atoms with van der Waals surface area (Å²) in [6.45, 7) is 0.790. The Balaban J connectivity index is 1.62. The van der Waals surface area contributed by atoms with Crippen LogP contribution in [0, 0.1) is 0 Å². The van der Waals surface area contributed by atoms with E-state index in [9.17, 15) is 9.90 Å². The quantitative estimate of drug-likeness (QED) is 0.689. The lowest BCUT2D eigenvalue weighted by Crippen LogP contribution is -2.50. The molecule has 148 valence electrons. The summed E-state index contributed by atoms with van der Waals surface area (Å²) < 4.78 is 5.59. The summed E-state index contributed by atoms with van der Waals surface area (Å²) in [7, 11) is 0. The highest BCUT2D eigenvalue weighted by molar-refractivity contribution is 5.69. The lowest BCUT2D eigenvalue weighted by molar-refractivity contribution is -0.00677. The molecule has 3 aromatic carbocycles. The van der Waals surface area contributed by atoms with Gasteiger partial charge >= 0.3 is 6.09 Å². The molecule has 4 heteroatoms. The number of benzene rings is 3. The number of ether oxygens (including phenoxy) is 1. The van der Waals surface area contributed by atoms with Crippen LogP contribution in [-0.2, 0) is 16.9 Å². The van der Waals surface area contributed by atoms with Crippen LogP contribution in [0.15, 0.2) is 91.0 Å². The smallest absolute Gasteiger partial charge is 0.410 e.